The molecule has 0 aromatic heterocycles. The number of amides is 1. The fraction of sp³-hybridized carbons (Fsp3) is 0.588. The molecule has 1 aliphatic rings. The maximum atomic E-state index is 12.1. The van der Waals surface area contributed by atoms with Crippen molar-refractivity contribution in [3.05, 3.63) is 29.3 Å². The van der Waals surface area contributed by atoms with Crippen LogP contribution in [0.1, 0.15) is 30.9 Å². The molecule has 1 atom stereocenters. The van der Waals surface area contributed by atoms with Crippen molar-refractivity contribution in [1.82, 2.24) is 4.90 Å². The SMILES string of the molecule is CCCC(N)C(=O)Nc1cccc(CN2CCSCC2)c1C. The molecular weight excluding hydrogens is 294 g/mol. The van der Waals surface area contributed by atoms with Gasteiger partial charge in [0.1, 0.15) is 0 Å². The second-order valence-corrected chi connectivity index (χ2v) is 7.09. The third kappa shape index (κ3) is 4.73. The van der Waals surface area contributed by atoms with Crippen molar-refractivity contribution in [3.63, 3.8) is 0 Å². The van der Waals surface area contributed by atoms with Crippen molar-refractivity contribution < 1.29 is 4.79 Å². The van der Waals surface area contributed by atoms with E-state index in [9.17, 15) is 4.79 Å². The van der Waals surface area contributed by atoms with Crippen molar-refractivity contribution in [3.8, 4) is 0 Å². The smallest absolute Gasteiger partial charge is 0.241 e. The number of carbonyl (C=O) groups is 1. The van der Waals surface area contributed by atoms with Gasteiger partial charge in [-0.1, -0.05) is 25.5 Å². The minimum Gasteiger partial charge on any atom is -0.324 e. The lowest BCUT2D eigenvalue weighted by Crippen LogP contribution is -2.35. The average Bonchev–Trinajstić information content (AvgIpc) is 2.52. The van der Waals surface area contributed by atoms with E-state index >= 15 is 0 Å². The van der Waals surface area contributed by atoms with Crippen LogP contribution >= 0.6 is 11.8 Å². The van der Waals surface area contributed by atoms with Crippen LogP contribution < -0.4 is 11.1 Å². The summed E-state index contributed by atoms with van der Waals surface area (Å²) in [4.78, 5) is 14.6. The Labute approximate surface area is 137 Å². The predicted molar refractivity (Wildman–Crippen MR) is 95.3 cm³/mol. The van der Waals surface area contributed by atoms with Gasteiger partial charge >= 0.3 is 0 Å². The van der Waals surface area contributed by atoms with E-state index in [0.717, 1.165) is 43.7 Å². The van der Waals surface area contributed by atoms with Crippen LogP contribution in [0.5, 0.6) is 0 Å². The molecule has 0 aliphatic carbocycles. The minimum absolute atomic E-state index is 0.0866. The normalized spacial score (nSPS) is 17.2. The molecule has 1 heterocycles. The first kappa shape index (κ1) is 17.3. The van der Waals surface area contributed by atoms with Crippen LogP contribution in [0.15, 0.2) is 18.2 Å². The molecule has 1 unspecified atom stereocenters. The van der Waals surface area contributed by atoms with Gasteiger partial charge in [0.25, 0.3) is 0 Å². The van der Waals surface area contributed by atoms with Crippen LogP contribution in [0.4, 0.5) is 5.69 Å². The van der Waals surface area contributed by atoms with E-state index in [1.165, 1.54) is 17.1 Å². The number of hydrogen-bond donors (Lipinski definition) is 2. The summed E-state index contributed by atoms with van der Waals surface area (Å²) in [6, 6.07) is 5.70. The highest BCUT2D eigenvalue weighted by molar-refractivity contribution is 7.99. The maximum absolute atomic E-state index is 12.1. The second-order valence-electron chi connectivity index (χ2n) is 5.86. The topological polar surface area (TPSA) is 58.4 Å². The summed E-state index contributed by atoms with van der Waals surface area (Å²) >= 11 is 2.02. The highest BCUT2D eigenvalue weighted by atomic mass is 32.2. The summed E-state index contributed by atoms with van der Waals surface area (Å²) in [7, 11) is 0. The van der Waals surface area contributed by atoms with Gasteiger partial charge in [-0.05, 0) is 30.5 Å². The third-order valence-corrected chi connectivity index (χ3v) is 5.08. The summed E-state index contributed by atoms with van der Waals surface area (Å²) in [6.07, 6.45) is 1.64. The van der Waals surface area contributed by atoms with E-state index in [1.807, 2.05) is 30.8 Å². The number of thioether (sulfide) groups is 1. The van der Waals surface area contributed by atoms with E-state index in [-0.39, 0.29) is 5.91 Å². The van der Waals surface area contributed by atoms with Gasteiger partial charge in [-0.2, -0.15) is 11.8 Å². The molecule has 0 bridgehead atoms. The number of hydrogen-bond acceptors (Lipinski definition) is 4. The molecule has 1 saturated heterocycles. The number of nitrogens with zero attached hydrogens (tertiary/aromatic N) is 1. The molecule has 3 N–H and O–H groups in total. The Morgan fingerprint density at radius 1 is 1.41 bits per heavy atom. The van der Waals surface area contributed by atoms with Crippen LogP contribution in [0.3, 0.4) is 0 Å². The van der Waals surface area contributed by atoms with E-state index < -0.39 is 6.04 Å². The molecule has 1 fully saturated rings. The Morgan fingerprint density at radius 3 is 2.82 bits per heavy atom. The van der Waals surface area contributed by atoms with E-state index in [1.54, 1.807) is 0 Å². The first-order valence-electron chi connectivity index (χ1n) is 8.07. The number of benzene rings is 1. The van der Waals surface area contributed by atoms with Crippen LogP contribution in [0.2, 0.25) is 0 Å². The van der Waals surface area contributed by atoms with Gasteiger partial charge in [-0.3, -0.25) is 9.69 Å². The van der Waals surface area contributed by atoms with E-state index in [4.69, 9.17) is 5.73 Å². The minimum atomic E-state index is -0.424. The Morgan fingerprint density at radius 2 is 2.14 bits per heavy atom. The number of carbonyl (C=O) groups excluding carboxylic acids is 1. The molecule has 22 heavy (non-hydrogen) atoms. The molecule has 5 heteroatoms. The van der Waals surface area contributed by atoms with Crippen molar-refractivity contribution in [2.45, 2.75) is 39.3 Å². The summed E-state index contributed by atoms with van der Waals surface area (Å²) < 4.78 is 0. The Bertz CT molecular complexity index is 501. The quantitative estimate of drug-likeness (QED) is 0.845. The first-order chi connectivity index (χ1) is 10.6. The molecule has 0 saturated carbocycles. The zero-order chi connectivity index (χ0) is 15.9. The van der Waals surface area contributed by atoms with Gasteiger partial charge < -0.3 is 11.1 Å². The second kappa shape index (κ2) is 8.56. The summed E-state index contributed by atoms with van der Waals surface area (Å²) in [5.74, 6) is 2.33. The highest BCUT2D eigenvalue weighted by Crippen LogP contribution is 2.22. The van der Waals surface area contributed by atoms with Crippen molar-refractivity contribution in [1.29, 1.82) is 0 Å². The Balaban J connectivity index is 2.03. The third-order valence-electron chi connectivity index (χ3n) is 4.14. The van der Waals surface area contributed by atoms with Crippen molar-refractivity contribution >= 4 is 23.4 Å². The van der Waals surface area contributed by atoms with Crippen molar-refractivity contribution in [2.75, 3.05) is 29.9 Å². The van der Waals surface area contributed by atoms with Gasteiger partial charge in [0.15, 0.2) is 0 Å². The molecule has 1 aromatic carbocycles. The van der Waals surface area contributed by atoms with Gasteiger partial charge in [-0.15, -0.1) is 0 Å². The number of nitrogens with two attached hydrogens (primary N) is 1. The fourth-order valence-electron chi connectivity index (χ4n) is 2.66. The number of nitrogens with one attached hydrogen (secondary N) is 1. The summed E-state index contributed by atoms with van der Waals surface area (Å²) in [5, 5.41) is 2.99. The van der Waals surface area contributed by atoms with Gasteiger partial charge in [0, 0.05) is 36.8 Å². The Hall–Kier alpha value is -1.04. The zero-order valence-corrected chi connectivity index (χ0v) is 14.4. The lowest BCUT2D eigenvalue weighted by molar-refractivity contribution is -0.117. The van der Waals surface area contributed by atoms with Gasteiger partial charge in [-0.25, -0.2) is 0 Å². The molecule has 0 spiro atoms. The lowest BCUT2D eigenvalue weighted by Gasteiger charge is -2.27. The van der Waals surface area contributed by atoms with E-state index in [0.29, 0.717) is 0 Å². The fourth-order valence-corrected chi connectivity index (χ4v) is 3.64. The van der Waals surface area contributed by atoms with Gasteiger partial charge in [0.05, 0.1) is 6.04 Å². The standard InChI is InChI=1S/C17H27N3OS/c1-3-5-15(18)17(21)19-16-7-4-6-14(13(16)2)12-20-8-10-22-11-9-20/h4,6-7,15H,3,5,8-12,18H2,1-2H3,(H,19,21). The van der Waals surface area contributed by atoms with Crippen LogP contribution in [0, 0.1) is 6.92 Å². The summed E-state index contributed by atoms with van der Waals surface area (Å²) in [5.41, 5.74) is 9.22. The van der Waals surface area contributed by atoms with Crippen LogP contribution in [-0.2, 0) is 11.3 Å². The lowest BCUT2D eigenvalue weighted by atomic mass is 10.1. The molecule has 1 aliphatic heterocycles. The molecular formula is C17H27N3OS. The maximum Gasteiger partial charge on any atom is 0.241 e. The van der Waals surface area contributed by atoms with Gasteiger partial charge in [0.2, 0.25) is 5.91 Å². The molecule has 2 rings (SSSR count). The zero-order valence-electron chi connectivity index (χ0n) is 13.6. The van der Waals surface area contributed by atoms with Crippen LogP contribution in [0.25, 0.3) is 0 Å². The number of anilines is 1. The van der Waals surface area contributed by atoms with Crippen LogP contribution in [-0.4, -0.2) is 41.4 Å². The van der Waals surface area contributed by atoms with E-state index in [2.05, 4.69) is 23.2 Å². The summed E-state index contributed by atoms with van der Waals surface area (Å²) in [6.45, 7) is 7.35. The predicted octanol–water partition coefficient (Wildman–Crippen LogP) is 2.61. The molecule has 0 radical (unpaired) electrons. The first-order valence-corrected chi connectivity index (χ1v) is 9.22. The molecule has 1 aromatic rings. The Kier molecular flexibility index (Phi) is 6.73. The monoisotopic (exact) mass is 321 g/mol. The highest BCUT2D eigenvalue weighted by Gasteiger charge is 2.16. The molecule has 122 valence electrons. The molecule has 1 amide bonds. The molecule has 4 nitrogen and oxygen atoms in total. The van der Waals surface area contributed by atoms with Crippen molar-refractivity contribution in [2.24, 2.45) is 5.73 Å². The average molecular weight is 321 g/mol. The number of rotatable bonds is 6. The largest absolute Gasteiger partial charge is 0.324 e.